The Labute approximate surface area is 231 Å². The standard InChI is InChI=1S/C30H25Cl2N3O3/c31-26-8-4-7-25(29(26)32)27-15-13-24(38-27)14-16-28(36)33-22-9-11-23(12-10-22)34-17-19-35(20-18-34)30(37)21-5-2-1-3-6-21/h1-16H,17-20H2,(H,33,36). The van der Waals surface area contributed by atoms with Gasteiger partial charge in [0, 0.05) is 54.8 Å². The number of nitrogens with zero attached hydrogens (tertiary/aromatic N) is 2. The minimum absolute atomic E-state index is 0.0652. The van der Waals surface area contributed by atoms with Crippen molar-refractivity contribution in [1.82, 2.24) is 4.90 Å². The minimum Gasteiger partial charge on any atom is -0.457 e. The van der Waals surface area contributed by atoms with Gasteiger partial charge in [0.25, 0.3) is 5.91 Å². The first kappa shape index (κ1) is 25.6. The average molecular weight is 546 g/mol. The first-order valence-corrected chi connectivity index (χ1v) is 13.0. The zero-order valence-corrected chi connectivity index (χ0v) is 22.0. The summed E-state index contributed by atoms with van der Waals surface area (Å²) in [4.78, 5) is 29.2. The molecule has 0 bridgehead atoms. The number of nitrogens with one attached hydrogen (secondary N) is 1. The number of amides is 2. The summed E-state index contributed by atoms with van der Waals surface area (Å²) in [6.07, 6.45) is 3.01. The Bertz CT molecular complexity index is 1460. The maximum atomic E-state index is 12.7. The molecule has 1 fully saturated rings. The Balaban J connectivity index is 1.13. The third kappa shape index (κ3) is 5.93. The van der Waals surface area contributed by atoms with Crippen LogP contribution in [0.5, 0.6) is 0 Å². The maximum Gasteiger partial charge on any atom is 0.253 e. The van der Waals surface area contributed by atoms with Crippen LogP contribution in [0.2, 0.25) is 10.0 Å². The number of halogens is 2. The molecular weight excluding hydrogens is 521 g/mol. The second kappa shape index (κ2) is 11.6. The van der Waals surface area contributed by atoms with Gasteiger partial charge >= 0.3 is 0 Å². The SMILES string of the molecule is O=C(C=Cc1ccc(-c2cccc(Cl)c2Cl)o1)Nc1ccc(N2CCN(C(=O)c3ccccc3)CC2)cc1. The molecule has 1 N–H and O–H groups in total. The number of piperazine rings is 1. The van der Waals surface area contributed by atoms with E-state index in [0.717, 1.165) is 18.8 Å². The first-order valence-electron chi connectivity index (χ1n) is 12.2. The summed E-state index contributed by atoms with van der Waals surface area (Å²) in [5.41, 5.74) is 3.14. The lowest BCUT2D eigenvalue weighted by Crippen LogP contribution is -2.48. The number of anilines is 2. The van der Waals surface area contributed by atoms with Crippen LogP contribution in [-0.4, -0.2) is 42.9 Å². The Morgan fingerprint density at radius 2 is 1.55 bits per heavy atom. The topological polar surface area (TPSA) is 65.8 Å². The molecule has 8 heteroatoms. The van der Waals surface area contributed by atoms with Crippen LogP contribution in [0, 0.1) is 0 Å². The van der Waals surface area contributed by atoms with E-state index >= 15 is 0 Å². The maximum absolute atomic E-state index is 12.7. The third-order valence-electron chi connectivity index (χ3n) is 6.33. The predicted octanol–water partition coefficient (Wildman–Crippen LogP) is 6.87. The normalized spacial score (nSPS) is 13.6. The van der Waals surface area contributed by atoms with Gasteiger partial charge in [-0.25, -0.2) is 0 Å². The Kier molecular flexibility index (Phi) is 7.82. The number of hydrogen-bond donors (Lipinski definition) is 1. The second-order valence-electron chi connectivity index (χ2n) is 8.82. The molecule has 1 aliphatic heterocycles. The van der Waals surface area contributed by atoms with Crippen molar-refractivity contribution in [1.29, 1.82) is 0 Å². The molecule has 0 spiro atoms. The molecule has 0 radical (unpaired) electrons. The number of rotatable bonds is 6. The Morgan fingerprint density at radius 3 is 2.29 bits per heavy atom. The van der Waals surface area contributed by atoms with Gasteiger partial charge in [-0.15, -0.1) is 0 Å². The van der Waals surface area contributed by atoms with Crippen LogP contribution in [0.4, 0.5) is 11.4 Å². The average Bonchev–Trinajstić information content (AvgIpc) is 3.43. The number of benzene rings is 3. The van der Waals surface area contributed by atoms with E-state index < -0.39 is 0 Å². The molecule has 6 nitrogen and oxygen atoms in total. The summed E-state index contributed by atoms with van der Waals surface area (Å²) in [6, 6.07) is 25.9. The van der Waals surface area contributed by atoms with Crippen molar-refractivity contribution in [2.45, 2.75) is 0 Å². The molecule has 2 amide bonds. The van der Waals surface area contributed by atoms with E-state index in [1.54, 1.807) is 30.3 Å². The fourth-order valence-electron chi connectivity index (χ4n) is 4.31. The highest BCUT2D eigenvalue weighted by Gasteiger charge is 2.22. The van der Waals surface area contributed by atoms with Gasteiger partial charge in [0.2, 0.25) is 5.91 Å². The summed E-state index contributed by atoms with van der Waals surface area (Å²) in [7, 11) is 0. The largest absolute Gasteiger partial charge is 0.457 e. The molecule has 38 heavy (non-hydrogen) atoms. The van der Waals surface area contributed by atoms with Gasteiger partial charge in [-0.3, -0.25) is 9.59 Å². The van der Waals surface area contributed by atoms with E-state index in [1.165, 1.54) is 6.08 Å². The number of carbonyl (C=O) groups excluding carboxylic acids is 2. The van der Waals surface area contributed by atoms with Gasteiger partial charge in [-0.2, -0.15) is 0 Å². The van der Waals surface area contributed by atoms with Crippen LogP contribution in [0.3, 0.4) is 0 Å². The second-order valence-corrected chi connectivity index (χ2v) is 9.60. The van der Waals surface area contributed by atoms with E-state index in [0.29, 0.717) is 51.5 Å². The molecule has 0 atom stereocenters. The molecule has 0 saturated carbocycles. The van der Waals surface area contributed by atoms with Crippen molar-refractivity contribution >= 4 is 52.5 Å². The Hall–Kier alpha value is -4.00. The van der Waals surface area contributed by atoms with Crippen LogP contribution in [-0.2, 0) is 4.79 Å². The number of hydrogen-bond acceptors (Lipinski definition) is 4. The summed E-state index contributed by atoms with van der Waals surface area (Å²) in [5.74, 6) is 0.879. The molecule has 1 aromatic heterocycles. The van der Waals surface area contributed by atoms with Crippen LogP contribution in [0.15, 0.2) is 95.4 Å². The highest BCUT2D eigenvalue weighted by molar-refractivity contribution is 6.43. The Morgan fingerprint density at radius 1 is 0.816 bits per heavy atom. The van der Waals surface area contributed by atoms with Crippen LogP contribution in [0.1, 0.15) is 16.1 Å². The smallest absolute Gasteiger partial charge is 0.253 e. The minimum atomic E-state index is -0.274. The molecular formula is C30H25Cl2N3O3. The summed E-state index contributed by atoms with van der Waals surface area (Å²) < 4.78 is 5.80. The van der Waals surface area contributed by atoms with Gasteiger partial charge in [-0.1, -0.05) is 47.5 Å². The first-order chi connectivity index (χ1) is 18.5. The molecule has 3 aromatic carbocycles. The van der Waals surface area contributed by atoms with Gasteiger partial charge in [0.1, 0.15) is 11.5 Å². The molecule has 192 valence electrons. The van der Waals surface area contributed by atoms with E-state index in [2.05, 4.69) is 10.2 Å². The molecule has 1 saturated heterocycles. The molecule has 5 rings (SSSR count). The van der Waals surface area contributed by atoms with Crippen molar-refractivity contribution < 1.29 is 14.0 Å². The van der Waals surface area contributed by atoms with Crippen molar-refractivity contribution in [3.05, 3.63) is 112 Å². The lowest BCUT2D eigenvalue weighted by atomic mass is 10.1. The van der Waals surface area contributed by atoms with E-state index in [4.69, 9.17) is 27.6 Å². The highest BCUT2D eigenvalue weighted by atomic mass is 35.5. The summed E-state index contributed by atoms with van der Waals surface area (Å²) in [6.45, 7) is 2.82. The molecule has 1 aliphatic rings. The van der Waals surface area contributed by atoms with Crippen LogP contribution in [0.25, 0.3) is 17.4 Å². The quantitative estimate of drug-likeness (QED) is 0.268. The van der Waals surface area contributed by atoms with E-state index in [1.807, 2.05) is 65.6 Å². The third-order valence-corrected chi connectivity index (χ3v) is 7.15. The van der Waals surface area contributed by atoms with E-state index in [-0.39, 0.29) is 11.8 Å². The number of carbonyl (C=O) groups is 2. The lowest BCUT2D eigenvalue weighted by Gasteiger charge is -2.36. The van der Waals surface area contributed by atoms with Gasteiger partial charge in [0.15, 0.2) is 0 Å². The zero-order chi connectivity index (χ0) is 26.5. The fraction of sp³-hybridized carbons (Fsp3) is 0.133. The van der Waals surface area contributed by atoms with E-state index in [9.17, 15) is 9.59 Å². The van der Waals surface area contributed by atoms with Crippen LogP contribution >= 0.6 is 23.2 Å². The summed E-state index contributed by atoms with van der Waals surface area (Å²) in [5, 5.41) is 3.73. The van der Waals surface area contributed by atoms with Crippen molar-refractivity contribution in [3.8, 4) is 11.3 Å². The molecule has 0 unspecified atom stereocenters. The van der Waals surface area contributed by atoms with Gasteiger partial charge in [-0.05, 0) is 66.7 Å². The highest BCUT2D eigenvalue weighted by Crippen LogP contribution is 2.34. The van der Waals surface area contributed by atoms with Gasteiger partial charge in [0.05, 0.1) is 10.0 Å². The lowest BCUT2D eigenvalue weighted by molar-refractivity contribution is -0.111. The summed E-state index contributed by atoms with van der Waals surface area (Å²) >= 11 is 12.3. The fourth-order valence-corrected chi connectivity index (χ4v) is 4.70. The van der Waals surface area contributed by atoms with Crippen LogP contribution < -0.4 is 10.2 Å². The van der Waals surface area contributed by atoms with Crippen molar-refractivity contribution in [2.75, 3.05) is 36.4 Å². The number of furan rings is 1. The van der Waals surface area contributed by atoms with Crippen molar-refractivity contribution in [2.24, 2.45) is 0 Å². The molecule has 0 aliphatic carbocycles. The predicted molar refractivity (Wildman–Crippen MR) is 153 cm³/mol. The van der Waals surface area contributed by atoms with Crippen molar-refractivity contribution in [3.63, 3.8) is 0 Å². The molecule has 2 heterocycles. The molecule has 4 aromatic rings. The monoisotopic (exact) mass is 545 g/mol. The zero-order valence-electron chi connectivity index (χ0n) is 20.4. The van der Waals surface area contributed by atoms with Gasteiger partial charge < -0.3 is 19.5 Å².